The average Bonchev–Trinajstić information content (AvgIpc) is 2.76. The van der Waals surface area contributed by atoms with E-state index in [1.165, 1.54) is 11.3 Å². The third-order valence-corrected chi connectivity index (χ3v) is 4.00. The van der Waals surface area contributed by atoms with Gasteiger partial charge in [0.2, 0.25) is 0 Å². The van der Waals surface area contributed by atoms with Crippen molar-refractivity contribution in [1.82, 2.24) is 9.88 Å². The second kappa shape index (κ2) is 6.58. The molecule has 0 aliphatic rings. The Hall–Kier alpha value is -1.30. The fourth-order valence-electron chi connectivity index (χ4n) is 1.44. The first kappa shape index (κ1) is 14.8. The highest BCUT2D eigenvalue weighted by Crippen LogP contribution is 2.28. The predicted molar refractivity (Wildman–Crippen MR) is 77.3 cm³/mol. The quantitative estimate of drug-likeness (QED) is 0.859. The van der Waals surface area contributed by atoms with Gasteiger partial charge in [-0.25, -0.2) is 4.98 Å². The van der Waals surface area contributed by atoms with E-state index in [0.717, 1.165) is 31.1 Å². The minimum atomic E-state index is -0.0331. The van der Waals surface area contributed by atoms with Crippen molar-refractivity contribution in [3.05, 3.63) is 4.88 Å². The Morgan fingerprint density at radius 2 is 2.06 bits per heavy atom. The largest absolute Gasteiger partial charge is 0.382 e. The molecule has 0 saturated carbocycles. The molecule has 0 aliphatic heterocycles. The van der Waals surface area contributed by atoms with E-state index < -0.39 is 0 Å². The van der Waals surface area contributed by atoms with Gasteiger partial charge in [0.05, 0.1) is 0 Å². The summed E-state index contributed by atoms with van der Waals surface area (Å²) in [6, 6.07) is 0. The number of carbonyl (C=O) groups is 1. The third-order valence-electron chi connectivity index (χ3n) is 2.83. The standard InChI is InChI=1S/C12H22N4OS/c1-5-7-8-16(4)11(17)9-10(13)14-12(18-9)15(3)6-2/h5-8,13H2,1-4H3. The van der Waals surface area contributed by atoms with E-state index in [1.54, 1.807) is 11.9 Å². The van der Waals surface area contributed by atoms with Crippen molar-refractivity contribution >= 4 is 28.2 Å². The number of nitrogen functional groups attached to an aromatic ring is 1. The summed E-state index contributed by atoms with van der Waals surface area (Å²) in [4.78, 5) is 20.7. The number of carbonyl (C=O) groups excluding carboxylic acids is 1. The third kappa shape index (κ3) is 3.35. The highest BCUT2D eigenvalue weighted by molar-refractivity contribution is 7.18. The number of unbranched alkanes of at least 4 members (excludes halogenated alkanes) is 1. The Morgan fingerprint density at radius 1 is 1.39 bits per heavy atom. The molecule has 102 valence electrons. The van der Waals surface area contributed by atoms with Gasteiger partial charge < -0.3 is 15.5 Å². The molecular formula is C12H22N4OS. The number of amides is 1. The minimum Gasteiger partial charge on any atom is -0.382 e. The Bertz CT molecular complexity index is 405. The van der Waals surface area contributed by atoms with Crippen LogP contribution in [0.4, 0.5) is 10.9 Å². The van der Waals surface area contributed by atoms with Crippen molar-refractivity contribution < 1.29 is 4.79 Å². The summed E-state index contributed by atoms with van der Waals surface area (Å²) in [5.41, 5.74) is 5.83. The number of hydrogen-bond donors (Lipinski definition) is 1. The summed E-state index contributed by atoms with van der Waals surface area (Å²) >= 11 is 1.36. The molecule has 0 spiro atoms. The van der Waals surface area contributed by atoms with Gasteiger partial charge in [-0.05, 0) is 13.3 Å². The van der Waals surface area contributed by atoms with Gasteiger partial charge in [-0.2, -0.15) is 0 Å². The number of rotatable bonds is 6. The molecule has 0 fully saturated rings. The summed E-state index contributed by atoms with van der Waals surface area (Å²) in [5.74, 6) is 0.304. The summed E-state index contributed by atoms with van der Waals surface area (Å²) in [6.45, 7) is 5.73. The second-order valence-corrected chi connectivity index (χ2v) is 5.28. The number of hydrogen-bond acceptors (Lipinski definition) is 5. The summed E-state index contributed by atoms with van der Waals surface area (Å²) < 4.78 is 0. The van der Waals surface area contributed by atoms with Gasteiger partial charge in [0.1, 0.15) is 10.7 Å². The fourth-order valence-corrected chi connectivity index (χ4v) is 2.45. The zero-order valence-corrected chi connectivity index (χ0v) is 12.4. The smallest absolute Gasteiger partial charge is 0.267 e. The zero-order chi connectivity index (χ0) is 13.7. The molecule has 5 nitrogen and oxygen atoms in total. The van der Waals surface area contributed by atoms with E-state index in [4.69, 9.17) is 5.73 Å². The number of anilines is 2. The fraction of sp³-hybridized carbons (Fsp3) is 0.667. The molecule has 0 bridgehead atoms. The van der Waals surface area contributed by atoms with Crippen LogP contribution in [0.3, 0.4) is 0 Å². The number of thiazole rings is 1. The Balaban J connectivity index is 2.82. The zero-order valence-electron chi connectivity index (χ0n) is 11.6. The molecule has 0 aromatic carbocycles. The monoisotopic (exact) mass is 270 g/mol. The predicted octanol–water partition coefficient (Wildman–Crippen LogP) is 2.05. The lowest BCUT2D eigenvalue weighted by Gasteiger charge is -2.15. The van der Waals surface area contributed by atoms with Crippen molar-refractivity contribution in [2.24, 2.45) is 0 Å². The average molecular weight is 270 g/mol. The highest BCUT2D eigenvalue weighted by atomic mass is 32.1. The van der Waals surface area contributed by atoms with Crippen LogP contribution in [0.2, 0.25) is 0 Å². The van der Waals surface area contributed by atoms with Gasteiger partial charge in [-0.15, -0.1) is 0 Å². The SMILES string of the molecule is CCCCN(C)C(=O)c1sc(N(C)CC)nc1N. The van der Waals surface area contributed by atoms with Gasteiger partial charge in [-0.3, -0.25) is 4.79 Å². The molecule has 1 heterocycles. The molecule has 0 radical (unpaired) electrons. The molecule has 1 rings (SSSR count). The molecular weight excluding hydrogens is 248 g/mol. The van der Waals surface area contributed by atoms with Crippen molar-refractivity contribution in [2.45, 2.75) is 26.7 Å². The first-order valence-electron chi connectivity index (χ1n) is 6.24. The van der Waals surface area contributed by atoms with Gasteiger partial charge in [0.15, 0.2) is 5.13 Å². The summed E-state index contributed by atoms with van der Waals surface area (Å²) in [5, 5.41) is 0.794. The first-order valence-corrected chi connectivity index (χ1v) is 7.05. The Morgan fingerprint density at radius 3 is 2.61 bits per heavy atom. The van der Waals surface area contributed by atoms with Crippen LogP contribution in [0.1, 0.15) is 36.4 Å². The van der Waals surface area contributed by atoms with Crippen molar-refractivity contribution in [1.29, 1.82) is 0 Å². The first-order chi connectivity index (χ1) is 8.51. The molecule has 1 aromatic heterocycles. The second-order valence-electron chi connectivity index (χ2n) is 4.31. The van der Waals surface area contributed by atoms with Gasteiger partial charge in [0, 0.05) is 27.2 Å². The number of aromatic nitrogens is 1. The molecule has 2 N–H and O–H groups in total. The molecule has 1 aromatic rings. The Kier molecular flexibility index (Phi) is 5.40. The van der Waals surface area contributed by atoms with Crippen LogP contribution in [0.5, 0.6) is 0 Å². The van der Waals surface area contributed by atoms with Crippen molar-refractivity contribution in [3.8, 4) is 0 Å². The lowest BCUT2D eigenvalue weighted by molar-refractivity contribution is 0.0799. The van der Waals surface area contributed by atoms with Crippen LogP contribution in [-0.2, 0) is 0 Å². The number of nitrogens with two attached hydrogens (primary N) is 1. The summed E-state index contributed by atoms with van der Waals surface area (Å²) in [6.07, 6.45) is 2.07. The molecule has 0 atom stereocenters. The maximum atomic E-state index is 12.2. The van der Waals surface area contributed by atoms with Gasteiger partial charge >= 0.3 is 0 Å². The van der Waals surface area contributed by atoms with Gasteiger partial charge in [-0.1, -0.05) is 24.7 Å². The molecule has 0 saturated heterocycles. The van der Waals surface area contributed by atoms with E-state index >= 15 is 0 Å². The number of nitrogens with zero attached hydrogens (tertiary/aromatic N) is 3. The molecule has 0 aliphatic carbocycles. The van der Waals surface area contributed by atoms with Crippen molar-refractivity contribution in [2.75, 3.05) is 37.8 Å². The van der Waals surface area contributed by atoms with Crippen LogP contribution in [0.15, 0.2) is 0 Å². The van der Waals surface area contributed by atoms with E-state index in [1.807, 2.05) is 18.9 Å². The van der Waals surface area contributed by atoms with E-state index in [0.29, 0.717) is 10.7 Å². The van der Waals surface area contributed by atoms with Crippen LogP contribution < -0.4 is 10.6 Å². The minimum absolute atomic E-state index is 0.0331. The lowest BCUT2D eigenvalue weighted by Crippen LogP contribution is -2.27. The van der Waals surface area contributed by atoms with Crippen molar-refractivity contribution in [3.63, 3.8) is 0 Å². The molecule has 6 heteroatoms. The lowest BCUT2D eigenvalue weighted by atomic mass is 10.3. The van der Waals surface area contributed by atoms with Crippen LogP contribution in [-0.4, -0.2) is 43.0 Å². The molecule has 1 amide bonds. The van der Waals surface area contributed by atoms with Crippen LogP contribution >= 0.6 is 11.3 Å². The highest BCUT2D eigenvalue weighted by Gasteiger charge is 2.20. The van der Waals surface area contributed by atoms with E-state index in [2.05, 4.69) is 11.9 Å². The normalized spacial score (nSPS) is 10.4. The molecule has 18 heavy (non-hydrogen) atoms. The molecule has 0 unspecified atom stereocenters. The summed E-state index contributed by atoms with van der Waals surface area (Å²) in [7, 11) is 3.74. The maximum Gasteiger partial charge on any atom is 0.267 e. The van der Waals surface area contributed by atoms with Gasteiger partial charge in [0.25, 0.3) is 5.91 Å². The Labute approximate surface area is 113 Å². The van der Waals surface area contributed by atoms with Crippen LogP contribution in [0.25, 0.3) is 0 Å². The topological polar surface area (TPSA) is 62.5 Å². The van der Waals surface area contributed by atoms with E-state index in [-0.39, 0.29) is 5.91 Å². The van der Waals surface area contributed by atoms with Crippen LogP contribution in [0, 0.1) is 0 Å². The van der Waals surface area contributed by atoms with E-state index in [9.17, 15) is 4.79 Å². The maximum absolute atomic E-state index is 12.2.